The fourth-order valence-corrected chi connectivity index (χ4v) is 2.96. The van der Waals surface area contributed by atoms with Crippen molar-refractivity contribution in [3.8, 4) is 11.3 Å². The second kappa shape index (κ2) is 8.73. The minimum absolute atomic E-state index is 0.143. The molecular weight excluding hydrogens is 343 g/mol. The number of benzene rings is 2. The standard InChI is InChI=1S/C22H23FN2O2/c1-3-15-5-10-20-18(13-15)19(22(26)24-11-4-12-27-2)14-21(25-20)16-6-8-17(23)9-7-16/h5-10,13-14H,3-4,11-12H2,1-2H3,(H,24,26). The van der Waals surface area contributed by atoms with Gasteiger partial charge in [-0.2, -0.15) is 0 Å². The monoisotopic (exact) mass is 366 g/mol. The summed E-state index contributed by atoms with van der Waals surface area (Å²) in [6.07, 6.45) is 1.63. The molecule has 0 spiro atoms. The number of carbonyl (C=O) groups is 1. The Morgan fingerprint density at radius 2 is 1.93 bits per heavy atom. The number of aryl methyl sites for hydroxylation is 1. The molecule has 0 unspecified atom stereocenters. The van der Waals surface area contributed by atoms with Crippen molar-refractivity contribution in [2.24, 2.45) is 0 Å². The molecule has 27 heavy (non-hydrogen) atoms. The summed E-state index contributed by atoms with van der Waals surface area (Å²) in [6, 6.07) is 13.9. The topological polar surface area (TPSA) is 51.2 Å². The number of ether oxygens (including phenoxy) is 1. The Bertz CT molecular complexity index is 939. The van der Waals surface area contributed by atoms with Crippen LogP contribution in [0.3, 0.4) is 0 Å². The Kier molecular flexibility index (Phi) is 6.14. The van der Waals surface area contributed by atoms with E-state index in [2.05, 4.69) is 17.2 Å². The van der Waals surface area contributed by atoms with Crippen molar-refractivity contribution in [1.29, 1.82) is 0 Å². The number of methoxy groups -OCH3 is 1. The van der Waals surface area contributed by atoms with Crippen LogP contribution in [0.1, 0.15) is 29.3 Å². The molecule has 0 bridgehead atoms. The van der Waals surface area contributed by atoms with E-state index in [0.717, 1.165) is 34.9 Å². The van der Waals surface area contributed by atoms with Crippen LogP contribution >= 0.6 is 0 Å². The predicted molar refractivity (Wildman–Crippen MR) is 105 cm³/mol. The van der Waals surface area contributed by atoms with E-state index >= 15 is 0 Å². The number of nitrogens with zero attached hydrogens (tertiary/aromatic N) is 1. The molecule has 140 valence electrons. The molecule has 0 aliphatic rings. The zero-order chi connectivity index (χ0) is 19.2. The predicted octanol–water partition coefficient (Wildman–Crippen LogP) is 4.37. The molecule has 0 saturated heterocycles. The maximum atomic E-state index is 13.3. The zero-order valence-corrected chi connectivity index (χ0v) is 15.6. The lowest BCUT2D eigenvalue weighted by Crippen LogP contribution is -2.25. The van der Waals surface area contributed by atoms with E-state index in [9.17, 15) is 9.18 Å². The fraction of sp³-hybridized carbons (Fsp3) is 0.273. The first-order valence-corrected chi connectivity index (χ1v) is 9.09. The maximum absolute atomic E-state index is 13.3. The van der Waals surface area contributed by atoms with Crippen LogP contribution < -0.4 is 5.32 Å². The van der Waals surface area contributed by atoms with E-state index < -0.39 is 0 Å². The van der Waals surface area contributed by atoms with E-state index in [4.69, 9.17) is 4.74 Å². The molecule has 2 aromatic carbocycles. The van der Waals surface area contributed by atoms with E-state index in [0.29, 0.717) is 24.4 Å². The number of hydrogen-bond donors (Lipinski definition) is 1. The summed E-state index contributed by atoms with van der Waals surface area (Å²) in [6.45, 7) is 3.21. The number of amides is 1. The summed E-state index contributed by atoms with van der Waals surface area (Å²) >= 11 is 0. The Morgan fingerprint density at radius 1 is 1.15 bits per heavy atom. The van der Waals surface area contributed by atoms with E-state index in [1.54, 1.807) is 25.3 Å². The lowest BCUT2D eigenvalue weighted by atomic mass is 10.0. The first-order chi connectivity index (χ1) is 13.1. The van der Waals surface area contributed by atoms with Gasteiger partial charge in [-0.3, -0.25) is 4.79 Å². The molecule has 1 heterocycles. The molecule has 1 amide bonds. The van der Waals surface area contributed by atoms with Gasteiger partial charge in [0.1, 0.15) is 5.82 Å². The summed E-state index contributed by atoms with van der Waals surface area (Å²) in [4.78, 5) is 17.5. The third kappa shape index (κ3) is 4.49. The molecule has 1 N–H and O–H groups in total. The van der Waals surface area contributed by atoms with Crippen molar-refractivity contribution < 1.29 is 13.9 Å². The highest BCUT2D eigenvalue weighted by Gasteiger charge is 2.14. The lowest BCUT2D eigenvalue weighted by molar-refractivity contribution is 0.0950. The number of nitrogens with one attached hydrogen (secondary N) is 1. The van der Waals surface area contributed by atoms with Gasteiger partial charge in [-0.25, -0.2) is 9.37 Å². The highest BCUT2D eigenvalue weighted by molar-refractivity contribution is 6.07. The second-order valence-electron chi connectivity index (χ2n) is 6.37. The smallest absolute Gasteiger partial charge is 0.252 e. The van der Waals surface area contributed by atoms with Crippen LogP contribution in [0.15, 0.2) is 48.5 Å². The molecule has 1 aromatic heterocycles. The largest absolute Gasteiger partial charge is 0.385 e. The fourth-order valence-electron chi connectivity index (χ4n) is 2.96. The quantitative estimate of drug-likeness (QED) is 0.632. The Morgan fingerprint density at radius 3 is 2.63 bits per heavy atom. The number of halogens is 1. The summed E-state index contributed by atoms with van der Waals surface area (Å²) < 4.78 is 18.3. The Hall–Kier alpha value is -2.79. The molecule has 0 aliphatic carbocycles. The molecule has 3 rings (SSSR count). The summed E-state index contributed by atoms with van der Waals surface area (Å²) in [5, 5.41) is 3.77. The van der Waals surface area contributed by atoms with Gasteiger partial charge in [0.15, 0.2) is 0 Å². The van der Waals surface area contributed by atoms with Crippen molar-refractivity contribution in [3.63, 3.8) is 0 Å². The van der Waals surface area contributed by atoms with Crippen molar-refractivity contribution in [3.05, 3.63) is 65.5 Å². The number of rotatable bonds is 7. The minimum atomic E-state index is -0.303. The lowest BCUT2D eigenvalue weighted by Gasteiger charge is -2.12. The average Bonchev–Trinajstić information content (AvgIpc) is 2.70. The van der Waals surface area contributed by atoms with Crippen LogP contribution in [0.25, 0.3) is 22.2 Å². The van der Waals surface area contributed by atoms with Gasteiger partial charge in [0.05, 0.1) is 16.8 Å². The Balaban J connectivity index is 2.03. The first-order valence-electron chi connectivity index (χ1n) is 9.09. The van der Waals surface area contributed by atoms with Gasteiger partial charge in [0.25, 0.3) is 5.91 Å². The van der Waals surface area contributed by atoms with Crippen molar-refractivity contribution in [2.75, 3.05) is 20.3 Å². The normalized spacial score (nSPS) is 10.9. The molecule has 5 heteroatoms. The summed E-state index contributed by atoms with van der Waals surface area (Å²) in [5.74, 6) is -0.446. The van der Waals surface area contributed by atoms with Crippen LogP contribution in [-0.4, -0.2) is 31.2 Å². The minimum Gasteiger partial charge on any atom is -0.385 e. The average molecular weight is 366 g/mol. The van der Waals surface area contributed by atoms with Crippen molar-refractivity contribution >= 4 is 16.8 Å². The number of pyridine rings is 1. The maximum Gasteiger partial charge on any atom is 0.252 e. The Labute approximate surface area is 158 Å². The molecule has 0 radical (unpaired) electrons. The van der Waals surface area contributed by atoms with Gasteiger partial charge < -0.3 is 10.1 Å². The summed E-state index contributed by atoms with van der Waals surface area (Å²) in [7, 11) is 1.64. The molecule has 3 aromatic rings. The van der Waals surface area contributed by atoms with E-state index in [1.165, 1.54) is 12.1 Å². The van der Waals surface area contributed by atoms with Crippen LogP contribution in [-0.2, 0) is 11.2 Å². The molecule has 0 atom stereocenters. The highest BCUT2D eigenvalue weighted by atomic mass is 19.1. The highest BCUT2D eigenvalue weighted by Crippen LogP contribution is 2.26. The van der Waals surface area contributed by atoms with Gasteiger partial charge in [-0.15, -0.1) is 0 Å². The molecular formula is C22H23FN2O2. The molecule has 0 aliphatic heterocycles. The first kappa shape index (κ1) is 19.0. The van der Waals surface area contributed by atoms with Gasteiger partial charge in [0, 0.05) is 31.2 Å². The van der Waals surface area contributed by atoms with E-state index in [1.807, 2.05) is 18.2 Å². The second-order valence-corrected chi connectivity index (χ2v) is 6.37. The number of aromatic nitrogens is 1. The third-order valence-corrected chi connectivity index (χ3v) is 4.48. The molecule has 4 nitrogen and oxygen atoms in total. The van der Waals surface area contributed by atoms with E-state index in [-0.39, 0.29) is 11.7 Å². The van der Waals surface area contributed by atoms with Crippen LogP contribution in [0.5, 0.6) is 0 Å². The SMILES string of the molecule is CCc1ccc2nc(-c3ccc(F)cc3)cc(C(=O)NCCCOC)c2c1. The van der Waals surface area contributed by atoms with Crippen LogP contribution in [0, 0.1) is 5.82 Å². The summed E-state index contributed by atoms with van der Waals surface area (Å²) in [5.41, 5.74) is 3.88. The zero-order valence-electron chi connectivity index (χ0n) is 15.6. The third-order valence-electron chi connectivity index (χ3n) is 4.48. The number of carbonyl (C=O) groups excluding carboxylic acids is 1. The van der Waals surface area contributed by atoms with Crippen molar-refractivity contribution in [1.82, 2.24) is 10.3 Å². The molecule has 0 fully saturated rings. The van der Waals surface area contributed by atoms with Crippen molar-refractivity contribution in [2.45, 2.75) is 19.8 Å². The van der Waals surface area contributed by atoms with Crippen LogP contribution in [0.2, 0.25) is 0 Å². The van der Waals surface area contributed by atoms with Crippen LogP contribution in [0.4, 0.5) is 4.39 Å². The van der Waals surface area contributed by atoms with Gasteiger partial charge in [-0.1, -0.05) is 13.0 Å². The van der Waals surface area contributed by atoms with Gasteiger partial charge in [0.2, 0.25) is 0 Å². The van der Waals surface area contributed by atoms with Gasteiger partial charge >= 0.3 is 0 Å². The molecule has 0 saturated carbocycles. The van der Waals surface area contributed by atoms with Gasteiger partial charge in [-0.05, 0) is 60.9 Å². The number of hydrogen-bond acceptors (Lipinski definition) is 3. The number of fused-ring (bicyclic) bond motifs is 1.